The second kappa shape index (κ2) is 8.63. The molecule has 42 heavy (non-hydrogen) atoms. The Morgan fingerprint density at radius 3 is 1.52 bits per heavy atom. The number of nitrogens with zero attached hydrogens (tertiary/aromatic N) is 2. The van der Waals surface area contributed by atoms with E-state index in [1.54, 1.807) is 0 Å². The first-order valence-electron chi connectivity index (χ1n) is 15.3. The summed E-state index contributed by atoms with van der Waals surface area (Å²) in [4.78, 5) is 16.7. The Hall–Kier alpha value is -4.26. The highest BCUT2D eigenvalue weighted by atomic mass is 15.1. The van der Waals surface area contributed by atoms with Gasteiger partial charge in [-0.25, -0.2) is 9.97 Å². The van der Waals surface area contributed by atoms with Crippen LogP contribution in [0.2, 0.25) is 0 Å². The fourth-order valence-electron chi connectivity index (χ4n) is 7.37. The Morgan fingerprint density at radius 1 is 0.571 bits per heavy atom. The van der Waals surface area contributed by atoms with Crippen LogP contribution < -0.4 is 10.6 Å². The van der Waals surface area contributed by atoms with E-state index in [1.165, 1.54) is 25.7 Å². The molecule has 6 aromatic rings. The van der Waals surface area contributed by atoms with E-state index in [-0.39, 0.29) is 0 Å². The maximum Gasteiger partial charge on any atom is 0.124 e. The third-order valence-corrected chi connectivity index (χ3v) is 9.99. The van der Waals surface area contributed by atoms with Gasteiger partial charge < -0.3 is 20.6 Å². The number of H-pyrrole nitrogens is 2. The van der Waals surface area contributed by atoms with Gasteiger partial charge in [0.2, 0.25) is 0 Å². The molecule has 4 aromatic carbocycles. The average Bonchev–Trinajstić information content (AvgIpc) is 3.57. The third kappa shape index (κ3) is 3.86. The summed E-state index contributed by atoms with van der Waals surface area (Å²) in [7, 11) is 0. The number of piperidine rings is 2. The van der Waals surface area contributed by atoms with Gasteiger partial charge in [0.05, 0.1) is 23.5 Å². The molecule has 4 heterocycles. The second-order valence-electron chi connectivity index (χ2n) is 12.8. The molecule has 0 unspecified atom stereocenters. The number of aromatic amines is 2. The molecule has 4 fully saturated rings. The molecular weight excluding hydrogens is 516 g/mol. The standard InChI is InChI=1S/C36H30N6/c1-3-23-11-25(33-17-37-35(41-33)31-15-27-13-29(27)39-31)7-5-21(23)9-19(1)20-2-4-24-12-26(8-6-22(24)10-20)34-18-38-36(42-34)32-16-28-14-30(28)40-32/h1-8,11-12,17-18,27-32,39-40H,13-16H2,(H,37,41)(H,38,42)/t27-,28-,29+,30+,31-,32-/m0/s1. The van der Waals surface area contributed by atoms with Gasteiger partial charge in [0, 0.05) is 35.6 Å². The summed E-state index contributed by atoms with van der Waals surface area (Å²) < 4.78 is 0. The zero-order chi connectivity index (χ0) is 27.4. The summed E-state index contributed by atoms with van der Waals surface area (Å²) in [6, 6.07) is 31.1. The van der Waals surface area contributed by atoms with Crippen LogP contribution in [0.3, 0.4) is 0 Å². The van der Waals surface area contributed by atoms with Gasteiger partial charge in [0.25, 0.3) is 0 Å². The minimum absolute atomic E-state index is 0.367. The van der Waals surface area contributed by atoms with Crippen LogP contribution in [0.25, 0.3) is 55.2 Å². The maximum absolute atomic E-state index is 4.93. The number of aromatic nitrogens is 4. The maximum atomic E-state index is 4.93. The van der Waals surface area contributed by atoms with Crippen molar-refractivity contribution in [2.45, 2.75) is 49.9 Å². The molecule has 4 N–H and O–H groups in total. The van der Waals surface area contributed by atoms with Crippen LogP contribution in [-0.4, -0.2) is 32.0 Å². The lowest BCUT2D eigenvalue weighted by molar-refractivity contribution is 0.543. The SMILES string of the molecule is [c]1c(-c2[c]c3ccc(-c4c[nH]c([C@@H]5C[C@@H]6C[C@H]6N5)n4)cc3cc2)ccc2cc(-c3c[nH]c([C@@H]4C[C@@H]5C[C@H]5N4)n3)ccc12. The fourth-order valence-corrected chi connectivity index (χ4v) is 7.37. The largest absolute Gasteiger partial charge is 0.347 e. The number of hydrogen-bond acceptors (Lipinski definition) is 4. The Morgan fingerprint density at radius 2 is 1.07 bits per heavy atom. The number of rotatable bonds is 5. The Kier molecular flexibility index (Phi) is 4.79. The van der Waals surface area contributed by atoms with E-state index in [9.17, 15) is 0 Å². The first kappa shape index (κ1) is 23.3. The van der Waals surface area contributed by atoms with Crippen molar-refractivity contribution in [3.8, 4) is 33.6 Å². The van der Waals surface area contributed by atoms with Gasteiger partial charge in [0.15, 0.2) is 0 Å². The molecule has 2 aliphatic carbocycles. The number of fused-ring (bicyclic) bond motifs is 4. The van der Waals surface area contributed by atoms with Crippen LogP contribution in [0.15, 0.2) is 73.1 Å². The molecule has 6 heteroatoms. The minimum Gasteiger partial charge on any atom is -0.347 e. The molecule has 10 rings (SSSR count). The van der Waals surface area contributed by atoms with E-state index in [2.05, 4.69) is 93.4 Å². The van der Waals surface area contributed by atoms with Crippen LogP contribution in [-0.2, 0) is 0 Å². The molecule has 6 nitrogen and oxygen atoms in total. The van der Waals surface area contributed by atoms with E-state index in [1.807, 2.05) is 12.4 Å². The first-order chi connectivity index (χ1) is 20.7. The molecule has 0 bridgehead atoms. The van der Waals surface area contributed by atoms with Crippen molar-refractivity contribution in [1.82, 2.24) is 30.6 Å². The summed E-state index contributed by atoms with van der Waals surface area (Å²) in [5.74, 6) is 3.83. The van der Waals surface area contributed by atoms with Gasteiger partial charge in [0.1, 0.15) is 11.6 Å². The highest BCUT2D eigenvalue weighted by Gasteiger charge is 2.47. The van der Waals surface area contributed by atoms with Crippen molar-refractivity contribution in [2.24, 2.45) is 11.8 Å². The highest BCUT2D eigenvalue weighted by Crippen LogP contribution is 2.46. The van der Waals surface area contributed by atoms with Crippen molar-refractivity contribution >= 4 is 21.5 Å². The Labute approximate surface area is 244 Å². The van der Waals surface area contributed by atoms with Gasteiger partial charge in [-0.3, -0.25) is 0 Å². The lowest BCUT2D eigenvalue weighted by atomic mass is 9.97. The zero-order valence-corrected chi connectivity index (χ0v) is 23.1. The quantitative estimate of drug-likeness (QED) is 0.190. The van der Waals surface area contributed by atoms with Crippen molar-refractivity contribution in [2.75, 3.05) is 0 Å². The molecule has 4 aliphatic rings. The number of imidazole rings is 2. The molecule has 2 saturated carbocycles. The summed E-state index contributed by atoms with van der Waals surface area (Å²) in [6.07, 6.45) is 9.13. The number of benzene rings is 4. The summed E-state index contributed by atoms with van der Waals surface area (Å²) in [5.41, 5.74) is 6.35. The zero-order valence-electron chi connectivity index (χ0n) is 23.1. The molecule has 6 atom stereocenters. The van der Waals surface area contributed by atoms with E-state index < -0.39 is 0 Å². The molecule has 2 aromatic heterocycles. The second-order valence-corrected chi connectivity index (χ2v) is 12.8. The van der Waals surface area contributed by atoms with Crippen LogP contribution in [0.1, 0.15) is 49.4 Å². The number of nitrogens with one attached hydrogen (secondary N) is 4. The monoisotopic (exact) mass is 546 g/mol. The van der Waals surface area contributed by atoms with Crippen LogP contribution >= 0.6 is 0 Å². The summed E-state index contributed by atoms with van der Waals surface area (Å²) in [6.45, 7) is 0. The van der Waals surface area contributed by atoms with Crippen molar-refractivity contribution in [3.63, 3.8) is 0 Å². The smallest absolute Gasteiger partial charge is 0.124 e. The molecule has 2 saturated heterocycles. The van der Waals surface area contributed by atoms with E-state index >= 15 is 0 Å². The van der Waals surface area contributed by atoms with Gasteiger partial charge in [-0.2, -0.15) is 0 Å². The van der Waals surface area contributed by atoms with Gasteiger partial charge in [-0.15, -0.1) is 0 Å². The van der Waals surface area contributed by atoms with Crippen molar-refractivity contribution < 1.29 is 0 Å². The molecule has 204 valence electrons. The first-order valence-corrected chi connectivity index (χ1v) is 15.3. The summed E-state index contributed by atoms with van der Waals surface area (Å²) >= 11 is 0. The van der Waals surface area contributed by atoms with E-state index in [4.69, 9.17) is 9.97 Å². The predicted molar refractivity (Wildman–Crippen MR) is 165 cm³/mol. The normalized spacial score (nSPS) is 27.4. The van der Waals surface area contributed by atoms with Gasteiger partial charge in [-0.05, 0) is 94.5 Å². The Balaban J connectivity index is 0.900. The Bertz CT molecular complexity index is 1850. The molecule has 2 radical (unpaired) electrons. The topological polar surface area (TPSA) is 81.4 Å². The molecule has 2 aliphatic heterocycles. The lowest BCUT2D eigenvalue weighted by Gasteiger charge is -2.09. The van der Waals surface area contributed by atoms with Crippen molar-refractivity contribution in [3.05, 3.63) is 96.8 Å². The van der Waals surface area contributed by atoms with Gasteiger partial charge in [-0.1, -0.05) is 48.5 Å². The van der Waals surface area contributed by atoms with Gasteiger partial charge >= 0.3 is 0 Å². The molecular formula is C36H30N6. The minimum atomic E-state index is 0.367. The molecule has 0 spiro atoms. The highest BCUT2D eigenvalue weighted by molar-refractivity contribution is 5.93. The van der Waals surface area contributed by atoms with E-state index in [0.29, 0.717) is 24.2 Å². The average molecular weight is 547 g/mol. The number of hydrogen-bond donors (Lipinski definition) is 4. The predicted octanol–water partition coefficient (Wildman–Crippen LogP) is 6.89. The van der Waals surface area contributed by atoms with E-state index in [0.717, 1.165) is 78.7 Å². The van der Waals surface area contributed by atoms with Crippen LogP contribution in [0.4, 0.5) is 0 Å². The van der Waals surface area contributed by atoms with Crippen LogP contribution in [0, 0.1) is 24.0 Å². The third-order valence-electron chi connectivity index (χ3n) is 9.99. The van der Waals surface area contributed by atoms with Crippen molar-refractivity contribution in [1.29, 1.82) is 0 Å². The lowest BCUT2D eigenvalue weighted by Crippen LogP contribution is -2.18. The fraction of sp³-hybridized carbons (Fsp3) is 0.278. The summed E-state index contributed by atoms with van der Waals surface area (Å²) in [5, 5.41) is 11.9. The van der Waals surface area contributed by atoms with Crippen LogP contribution in [0.5, 0.6) is 0 Å². The molecule has 0 amide bonds.